The molecule has 0 aliphatic carbocycles. The number of aromatic carboxylic acids is 1. The number of nitrogens with one attached hydrogen (secondary N) is 1. The number of pyridine rings is 3. The third-order valence-electron chi connectivity index (χ3n) is 6.54. The number of carboxylic acid groups (broad SMARTS) is 1. The minimum atomic E-state index is -0.983. The molecule has 0 spiro atoms. The zero-order valence-electron chi connectivity index (χ0n) is 22.7. The van der Waals surface area contributed by atoms with Crippen molar-refractivity contribution in [3.8, 4) is 17.7 Å². The summed E-state index contributed by atoms with van der Waals surface area (Å²) >= 11 is 3.11. The Morgan fingerprint density at radius 1 is 1.02 bits per heavy atom. The van der Waals surface area contributed by atoms with E-state index in [1.165, 1.54) is 11.3 Å². The average Bonchev–Trinajstić information content (AvgIpc) is 3.69. The summed E-state index contributed by atoms with van der Waals surface area (Å²) in [6, 6.07) is 15.8. The molecule has 0 atom stereocenters. The van der Waals surface area contributed by atoms with Crippen LogP contribution < -0.4 is 15.9 Å². The molecule has 42 heavy (non-hydrogen) atoms. The molecule has 0 aliphatic heterocycles. The fraction of sp³-hybridized carbons (Fsp3) is 0.125. The second-order valence-electron chi connectivity index (χ2n) is 9.22. The molecular formula is C32H25N3O5S2. The number of carbonyl (C=O) groups is 1. The van der Waals surface area contributed by atoms with E-state index in [0.29, 0.717) is 29.9 Å². The van der Waals surface area contributed by atoms with Crippen molar-refractivity contribution in [3.63, 3.8) is 0 Å². The maximum atomic E-state index is 13.2. The van der Waals surface area contributed by atoms with E-state index in [0.717, 1.165) is 31.5 Å². The maximum Gasteiger partial charge on any atom is 0.335 e. The van der Waals surface area contributed by atoms with Crippen molar-refractivity contribution in [2.45, 2.75) is 19.9 Å². The van der Waals surface area contributed by atoms with Gasteiger partial charge in [-0.05, 0) is 76.7 Å². The molecule has 0 amide bonds. The monoisotopic (exact) mass is 595 g/mol. The predicted molar refractivity (Wildman–Crippen MR) is 167 cm³/mol. The van der Waals surface area contributed by atoms with Crippen LogP contribution in [0.25, 0.3) is 20.2 Å². The van der Waals surface area contributed by atoms with Gasteiger partial charge in [-0.3, -0.25) is 14.2 Å². The minimum Gasteiger partial charge on any atom is -0.481 e. The molecule has 10 heteroatoms. The van der Waals surface area contributed by atoms with Gasteiger partial charge in [0.05, 0.1) is 35.7 Å². The molecule has 5 heterocycles. The van der Waals surface area contributed by atoms with Gasteiger partial charge in [0.1, 0.15) is 0 Å². The van der Waals surface area contributed by atoms with Gasteiger partial charge >= 0.3 is 5.97 Å². The van der Waals surface area contributed by atoms with E-state index < -0.39 is 5.97 Å². The predicted octanol–water partition coefficient (Wildman–Crippen LogP) is 5.71. The van der Waals surface area contributed by atoms with Crippen LogP contribution in [-0.2, 0) is 13.0 Å². The number of ether oxygens (including phenoxy) is 1. The van der Waals surface area contributed by atoms with Crippen molar-refractivity contribution in [1.29, 1.82) is 0 Å². The summed E-state index contributed by atoms with van der Waals surface area (Å²) < 4.78 is 8.81. The van der Waals surface area contributed by atoms with Gasteiger partial charge in [0.2, 0.25) is 5.88 Å². The molecule has 0 aliphatic rings. The summed E-state index contributed by atoms with van der Waals surface area (Å²) in [4.78, 5) is 42.1. The molecule has 0 radical (unpaired) electrons. The number of methoxy groups -OCH3 is 1. The topological polar surface area (TPSA) is 114 Å². The summed E-state index contributed by atoms with van der Waals surface area (Å²) in [5.41, 5.74) is 3.51. The first-order valence-electron chi connectivity index (χ1n) is 12.8. The maximum absolute atomic E-state index is 13.2. The van der Waals surface area contributed by atoms with Gasteiger partial charge in [-0.15, -0.1) is 22.7 Å². The quantitative estimate of drug-likeness (QED) is 0.247. The summed E-state index contributed by atoms with van der Waals surface area (Å²) in [5, 5.41) is 14.4. The SMILES string of the molecule is COc1cc(CC#Cc2c(C)c3sccc3c(=O)n2Cc2ccc(C(=O)O)cc2)ccn1.O=c1[nH]ccc2sccc12. The summed E-state index contributed by atoms with van der Waals surface area (Å²) in [7, 11) is 1.57. The molecule has 5 aromatic heterocycles. The first kappa shape index (κ1) is 28.5. The van der Waals surface area contributed by atoms with Crippen LogP contribution in [0.5, 0.6) is 5.88 Å². The van der Waals surface area contributed by atoms with Gasteiger partial charge in [-0.2, -0.15) is 0 Å². The largest absolute Gasteiger partial charge is 0.481 e. The number of hydrogen-bond acceptors (Lipinski definition) is 7. The van der Waals surface area contributed by atoms with Crippen LogP contribution in [0.4, 0.5) is 0 Å². The van der Waals surface area contributed by atoms with E-state index >= 15 is 0 Å². The normalized spacial score (nSPS) is 10.5. The number of aromatic amines is 1. The standard InChI is InChI=1S/C25H20N2O4S.C7H5NOS/c1-16-21(5-3-4-17-10-12-26-22(14-17)31-2)27(24(28)20-11-13-32-23(16)20)15-18-6-8-19(9-7-18)25(29)30;9-7-5-2-4-10-6(5)1-3-8-7/h6-14H,4,15H2,1-2H3,(H,29,30);1-4H,(H,8,9). The van der Waals surface area contributed by atoms with Gasteiger partial charge < -0.3 is 14.8 Å². The molecule has 6 rings (SSSR count). The van der Waals surface area contributed by atoms with Crippen LogP contribution in [0.1, 0.15) is 32.7 Å². The van der Waals surface area contributed by atoms with Gasteiger partial charge in [0, 0.05) is 34.3 Å². The Labute approximate surface area is 248 Å². The number of aryl methyl sites for hydroxylation is 1. The van der Waals surface area contributed by atoms with Crippen LogP contribution in [0, 0.1) is 18.8 Å². The van der Waals surface area contributed by atoms with Crippen molar-refractivity contribution in [3.05, 3.63) is 126 Å². The van der Waals surface area contributed by atoms with Gasteiger partial charge in [0.25, 0.3) is 11.1 Å². The van der Waals surface area contributed by atoms with E-state index in [9.17, 15) is 14.4 Å². The molecule has 8 nitrogen and oxygen atoms in total. The molecule has 6 aromatic rings. The Hall–Kier alpha value is -4.98. The Balaban J connectivity index is 0.000000295. The second-order valence-corrected chi connectivity index (χ2v) is 11.1. The third-order valence-corrected chi connectivity index (χ3v) is 8.46. The lowest BCUT2D eigenvalue weighted by molar-refractivity contribution is 0.0697. The highest BCUT2D eigenvalue weighted by Gasteiger charge is 2.14. The highest BCUT2D eigenvalue weighted by atomic mass is 32.1. The van der Waals surface area contributed by atoms with Crippen LogP contribution in [0.3, 0.4) is 0 Å². The first-order valence-corrected chi connectivity index (χ1v) is 14.6. The number of fused-ring (bicyclic) bond motifs is 2. The lowest BCUT2D eigenvalue weighted by Gasteiger charge is -2.13. The smallest absolute Gasteiger partial charge is 0.335 e. The fourth-order valence-electron chi connectivity index (χ4n) is 4.38. The van der Waals surface area contributed by atoms with Crippen LogP contribution in [0.2, 0.25) is 0 Å². The average molecular weight is 596 g/mol. The number of H-pyrrole nitrogens is 1. The summed E-state index contributed by atoms with van der Waals surface area (Å²) in [6.07, 6.45) is 3.83. The molecule has 210 valence electrons. The highest BCUT2D eigenvalue weighted by molar-refractivity contribution is 7.17. The number of carboxylic acids is 1. The molecule has 0 bridgehead atoms. The van der Waals surface area contributed by atoms with Crippen molar-refractivity contribution in [2.24, 2.45) is 0 Å². The van der Waals surface area contributed by atoms with E-state index in [2.05, 4.69) is 21.8 Å². The summed E-state index contributed by atoms with van der Waals surface area (Å²) in [6.45, 7) is 2.28. The van der Waals surface area contributed by atoms with E-state index in [1.807, 2.05) is 48.0 Å². The summed E-state index contributed by atoms with van der Waals surface area (Å²) in [5.74, 6) is 5.93. The van der Waals surface area contributed by atoms with Crippen LogP contribution in [0.15, 0.2) is 87.3 Å². The number of aromatic nitrogens is 3. The van der Waals surface area contributed by atoms with Gasteiger partial charge in [-0.1, -0.05) is 18.1 Å². The first-order chi connectivity index (χ1) is 20.4. The van der Waals surface area contributed by atoms with Gasteiger partial charge in [0.15, 0.2) is 0 Å². The van der Waals surface area contributed by atoms with Gasteiger partial charge in [-0.25, -0.2) is 9.78 Å². The Morgan fingerprint density at radius 3 is 2.52 bits per heavy atom. The third kappa shape index (κ3) is 6.17. The Kier molecular flexibility index (Phi) is 8.62. The van der Waals surface area contributed by atoms with Crippen molar-refractivity contribution >= 4 is 48.8 Å². The lowest BCUT2D eigenvalue weighted by atomic mass is 10.1. The van der Waals surface area contributed by atoms with Crippen molar-refractivity contribution in [1.82, 2.24) is 14.5 Å². The van der Waals surface area contributed by atoms with Crippen molar-refractivity contribution in [2.75, 3.05) is 7.11 Å². The molecule has 0 fully saturated rings. The number of hydrogen-bond donors (Lipinski definition) is 2. The number of rotatable bonds is 5. The van der Waals surface area contributed by atoms with Crippen molar-refractivity contribution < 1.29 is 14.6 Å². The molecule has 1 aromatic carbocycles. The molecule has 2 N–H and O–H groups in total. The van der Waals surface area contributed by atoms with E-state index in [4.69, 9.17) is 9.84 Å². The number of benzene rings is 1. The number of thiophene rings is 2. The number of nitrogens with zero attached hydrogens (tertiary/aromatic N) is 2. The van der Waals surface area contributed by atoms with E-state index in [-0.39, 0.29) is 16.7 Å². The minimum absolute atomic E-state index is 0.00116. The zero-order valence-corrected chi connectivity index (χ0v) is 24.3. The zero-order chi connectivity index (χ0) is 29.6. The molecular weight excluding hydrogens is 571 g/mol. The Morgan fingerprint density at radius 2 is 1.79 bits per heavy atom. The second kappa shape index (κ2) is 12.7. The molecule has 0 saturated carbocycles. The fourth-order valence-corrected chi connectivity index (χ4v) is 6.06. The molecule has 0 unspecified atom stereocenters. The highest BCUT2D eigenvalue weighted by Crippen LogP contribution is 2.24. The van der Waals surface area contributed by atoms with E-state index in [1.54, 1.807) is 59.7 Å². The lowest BCUT2D eigenvalue weighted by Crippen LogP contribution is -2.24. The van der Waals surface area contributed by atoms with Crippen LogP contribution in [-0.4, -0.2) is 32.7 Å². The molecule has 0 saturated heterocycles. The Bertz CT molecular complexity index is 2080. The van der Waals surface area contributed by atoms with Crippen LogP contribution >= 0.6 is 22.7 Å².